The van der Waals surface area contributed by atoms with Crippen molar-refractivity contribution in [1.29, 1.82) is 0 Å². The van der Waals surface area contributed by atoms with Crippen molar-refractivity contribution >= 4 is 57.8 Å². The van der Waals surface area contributed by atoms with Gasteiger partial charge in [-0.3, -0.25) is 0 Å². The summed E-state index contributed by atoms with van der Waals surface area (Å²) in [4.78, 5) is 0. The molecule has 0 bridgehead atoms. The molecule has 0 amide bonds. The molecular weight excluding hydrogens is 563 g/mol. The average molecular weight is 566 g/mol. The second kappa shape index (κ2) is 8.38. The van der Waals surface area contributed by atoms with Crippen LogP contribution in [0.5, 0.6) is 0 Å². The Morgan fingerprint density at radius 3 is 1.00 bits per heavy atom. The van der Waals surface area contributed by atoms with Gasteiger partial charge >= 0.3 is 78.1 Å². The third-order valence-corrected chi connectivity index (χ3v) is 6.26. The number of sulfonamides is 2. The number of rotatable bonds is 8. The SMILES string of the molecule is CC(F)(F)C(F)(F)C(F)(F)S(=O)(=O)[N-]S(=O)(=O)C(F)(F)C(F)(F)C(F)(F)C(F)(F)F.[Ca+2]. The molecule has 0 fully saturated rings. The number of halogens is 15. The third-order valence-electron chi connectivity index (χ3n) is 2.88. The van der Waals surface area contributed by atoms with Crippen molar-refractivity contribution in [1.82, 2.24) is 0 Å². The van der Waals surface area contributed by atoms with Gasteiger partial charge in [-0.2, -0.15) is 65.9 Å². The summed E-state index contributed by atoms with van der Waals surface area (Å²) in [7, 11) is -16.7. The van der Waals surface area contributed by atoms with E-state index in [0.717, 1.165) is 0 Å². The molecule has 0 aliphatic carbocycles. The quantitative estimate of drug-likeness (QED) is 0.329. The number of hydrogen-bond acceptors (Lipinski definition) is 4. The van der Waals surface area contributed by atoms with Crippen LogP contribution in [-0.2, 0) is 20.0 Å². The Labute approximate surface area is 191 Å². The van der Waals surface area contributed by atoms with E-state index in [-0.39, 0.29) is 41.9 Å². The molecule has 0 saturated carbocycles. The Balaban J connectivity index is 0. The van der Waals surface area contributed by atoms with Gasteiger partial charge in [-0.15, -0.1) is 0 Å². The van der Waals surface area contributed by atoms with E-state index in [9.17, 15) is 82.7 Å². The van der Waals surface area contributed by atoms with E-state index in [1.54, 1.807) is 0 Å². The van der Waals surface area contributed by atoms with Gasteiger partial charge in [-0.05, 0) is 0 Å². The Kier molecular flexibility index (Phi) is 8.99. The van der Waals surface area contributed by atoms with E-state index in [2.05, 4.69) is 0 Å². The van der Waals surface area contributed by atoms with Crippen LogP contribution in [0.1, 0.15) is 6.92 Å². The molecule has 0 unspecified atom stereocenters. The van der Waals surface area contributed by atoms with Crippen LogP contribution in [0.25, 0.3) is 4.13 Å². The number of hydrogen-bond donors (Lipinski definition) is 0. The van der Waals surface area contributed by atoms with Gasteiger partial charge in [0.15, 0.2) is 20.0 Å². The molecular formula is C8H3CaF15NO4S2+. The van der Waals surface area contributed by atoms with Crippen LogP contribution in [-0.4, -0.2) is 94.9 Å². The Hall–Kier alpha value is 0.0697. The monoisotopic (exact) mass is 566 g/mol. The molecule has 31 heavy (non-hydrogen) atoms. The van der Waals surface area contributed by atoms with Gasteiger partial charge in [-0.1, -0.05) is 0 Å². The maximum atomic E-state index is 13.2. The zero-order valence-corrected chi connectivity index (χ0v) is 17.6. The molecule has 0 N–H and O–H groups in total. The number of alkyl halides is 15. The summed E-state index contributed by atoms with van der Waals surface area (Å²) in [5.74, 6) is -29.4. The van der Waals surface area contributed by atoms with Crippen molar-refractivity contribution in [3.05, 3.63) is 4.13 Å². The van der Waals surface area contributed by atoms with Crippen molar-refractivity contribution in [3.63, 3.8) is 0 Å². The fourth-order valence-corrected chi connectivity index (χ4v) is 3.90. The van der Waals surface area contributed by atoms with Gasteiger partial charge in [-0.25, -0.2) is 16.8 Å². The predicted octanol–water partition coefficient (Wildman–Crippen LogP) is 3.95. The summed E-state index contributed by atoms with van der Waals surface area (Å²) in [6.45, 7) is -1.10. The molecule has 0 aromatic carbocycles. The molecule has 0 heterocycles. The van der Waals surface area contributed by atoms with Crippen LogP contribution in [0.3, 0.4) is 0 Å². The third kappa shape index (κ3) is 4.97. The van der Waals surface area contributed by atoms with Crippen LogP contribution >= 0.6 is 0 Å². The fourth-order valence-electron chi connectivity index (χ4n) is 1.16. The standard InChI is InChI=1S/C8H3F15NO4S2.Ca/c1-2(9,10)3(11,12)7(20,21)29(25,26)24-30(27,28)8(22,23)5(15,16)4(13,14)6(17,18)19;/h1H3;/q-1;+2. The molecule has 0 rings (SSSR count). The van der Waals surface area contributed by atoms with Gasteiger partial charge in [0.1, 0.15) is 0 Å². The first-order chi connectivity index (χ1) is 12.5. The van der Waals surface area contributed by atoms with E-state index >= 15 is 0 Å². The van der Waals surface area contributed by atoms with Crippen molar-refractivity contribution in [3.8, 4) is 0 Å². The average Bonchev–Trinajstić information content (AvgIpc) is 2.42. The topological polar surface area (TPSA) is 82.4 Å². The summed E-state index contributed by atoms with van der Waals surface area (Å²) < 4.78 is 234. The first kappa shape index (κ1) is 33.2. The molecule has 0 aliphatic heterocycles. The van der Waals surface area contributed by atoms with Gasteiger partial charge in [0.05, 0.1) is 0 Å². The van der Waals surface area contributed by atoms with Crippen LogP contribution in [0.4, 0.5) is 65.9 Å². The van der Waals surface area contributed by atoms with Crippen LogP contribution in [0, 0.1) is 0 Å². The normalized spacial score (nSPS) is 16.1. The van der Waals surface area contributed by atoms with Crippen molar-refractivity contribution in [2.24, 2.45) is 0 Å². The van der Waals surface area contributed by atoms with Crippen LogP contribution in [0.2, 0.25) is 0 Å². The summed E-state index contributed by atoms with van der Waals surface area (Å²) in [6, 6.07) is 0. The Morgan fingerprint density at radius 2 is 0.774 bits per heavy atom. The van der Waals surface area contributed by atoms with Gasteiger partial charge < -0.3 is 4.13 Å². The van der Waals surface area contributed by atoms with Gasteiger partial charge in [0.2, 0.25) is 0 Å². The second-order valence-electron chi connectivity index (χ2n) is 5.17. The summed E-state index contributed by atoms with van der Waals surface area (Å²) in [6.07, 6.45) is -7.64. The van der Waals surface area contributed by atoms with E-state index in [1.807, 2.05) is 0 Å². The zero-order valence-electron chi connectivity index (χ0n) is 13.8. The number of nitrogens with zero attached hydrogens (tertiary/aromatic N) is 1. The van der Waals surface area contributed by atoms with Crippen molar-refractivity contribution in [2.75, 3.05) is 0 Å². The van der Waals surface area contributed by atoms with E-state index in [4.69, 9.17) is 0 Å². The minimum Gasteiger partial charge on any atom is -0.425 e. The molecule has 5 nitrogen and oxygen atoms in total. The van der Waals surface area contributed by atoms with Crippen molar-refractivity contribution in [2.45, 2.75) is 47.3 Å². The minimum atomic E-state index is -8.49. The molecule has 0 spiro atoms. The Bertz CT molecular complexity index is 874. The van der Waals surface area contributed by atoms with E-state index in [0.29, 0.717) is 0 Å². The maximum Gasteiger partial charge on any atom is 2.00 e. The molecule has 0 aromatic rings. The molecule has 182 valence electrons. The molecule has 23 heteroatoms. The predicted molar refractivity (Wildman–Crippen MR) is 68.4 cm³/mol. The van der Waals surface area contributed by atoms with E-state index < -0.39 is 67.3 Å². The first-order valence-corrected chi connectivity index (χ1v) is 8.90. The summed E-state index contributed by atoms with van der Waals surface area (Å²) in [5.41, 5.74) is 0. The van der Waals surface area contributed by atoms with Gasteiger partial charge in [0, 0.05) is 6.92 Å². The first-order valence-electron chi connectivity index (χ1n) is 6.02. The summed E-state index contributed by atoms with van der Waals surface area (Å²) >= 11 is 0. The molecule has 0 aromatic heterocycles. The van der Waals surface area contributed by atoms with Crippen molar-refractivity contribution < 1.29 is 82.7 Å². The smallest absolute Gasteiger partial charge is 0.425 e. The van der Waals surface area contributed by atoms with Gasteiger partial charge in [0.25, 0.3) is 0 Å². The van der Waals surface area contributed by atoms with E-state index in [1.165, 1.54) is 0 Å². The van der Waals surface area contributed by atoms with Crippen LogP contribution < -0.4 is 0 Å². The molecule has 0 saturated heterocycles. The molecule has 0 aliphatic rings. The molecule has 0 atom stereocenters. The fraction of sp³-hybridized carbons (Fsp3) is 1.00. The minimum absolute atomic E-state index is 0. The second-order valence-corrected chi connectivity index (χ2v) is 8.69. The zero-order chi connectivity index (χ0) is 25.2. The summed E-state index contributed by atoms with van der Waals surface area (Å²) in [5, 5.41) is -15.4. The Morgan fingerprint density at radius 1 is 0.516 bits per heavy atom. The van der Waals surface area contributed by atoms with Crippen LogP contribution in [0.15, 0.2) is 0 Å². The molecule has 0 radical (unpaired) electrons. The largest absolute Gasteiger partial charge is 2.00 e. The maximum absolute atomic E-state index is 13.2.